The molecule has 0 bridgehead atoms. The molecule has 1 fully saturated rings. The van der Waals surface area contributed by atoms with Crippen LogP contribution in [0.3, 0.4) is 0 Å². The van der Waals surface area contributed by atoms with E-state index < -0.39 is 0 Å². The maximum Gasteiger partial charge on any atom is 0.260 e. The normalized spacial score (nSPS) is 14.2. The molecule has 4 heteroatoms. The fourth-order valence-electron chi connectivity index (χ4n) is 2.17. The van der Waals surface area contributed by atoms with E-state index in [9.17, 15) is 9.59 Å². The molecule has 1 aromatic carbocycles. The Morgan fingerprint density at radius 2 is 2.10 bits per heavy atom. The monoisotopic (exact) mass is 275 g/mol. The number of hydrogen-bond acceptors (Lipinski definition) is 3. The van der Waals surface area contributed by atoms with E-state index in [4.69, 9.17) is 4.74 Å². The van der Waals surface area contributed by atoms with Gasteiger partial charge in [0.25, 0.3) is 5.91 Å². The Balaban J connectivity index is 1.94. The van der Waals surface area contributed by atoms with Crippen LogP contribution in [0.15, 0.2) is 24.3 Å². The number of aldehydes is 1. The van der Waals surface area contributed by atoms with Gasteiger partial charge in [0.1, 0.15) is 5.75 Å². The van der Waals surface area contributed by atoms with Crippen LogP contribution in [0.5, 0.6) is 5.75 Å². The summed E-state index contributed by atoms with van der Waals surface area (Å²) in [7, 11) is 0. The summed E-state index contributed by atoms with van der Waals surface area (Å²) in [5.41, 5.74) is 0.474. The van der Waals surface area contributed by atoms with Gasteiger partial charge in [-0.25, -0.2) is 0 Å². The zero-order valence-corrected chi connectivity index (χ0v) is 12.0. The highest BCUT2D eigenvalue weighted by atomic mass is 16.5. The van der Waals surface area contributed by atoms with Crippen LogP contribution < -0.4 is 4.74 Å². The van der Waals surface area contributed by atoms with E-state index in [1.807, 2.05) is 4.90 Å². The fraction of sp³-hybridized carbons (Fsp3) is 0.500. The average Bonchev–Trinajstić information content (AvgIpc) is 3.26. The standard InChI is InChI=1S/C16H21NO3/c1-12(2)9-17(14-7-8-14)16(19)11-20-15-6-4-3-5-13(15)10-18/h3-6,10,12,14H,7-9,11H2,1-2H3. The lowest BCUT2D eigenvalue weighted by Gasteiger charge is -2.24. The van der Waals surface area contributed by atoms with E-state index in [2.05, 4.69) is 13.8 Å². The van der Waals surface area contributed by atoms with Gasteiger partial charge in [-0.15, -0.1) is 0 Å². The lowest BCUT2D eigenvalue weighted by Crippen LogP contribution is -2.39. The minimum atomic E-state index is -0.00588. The van der Waals surface area contributed by atoms with Gasteiger partial charge in [-0.2, -0.15) is 0 Å². The van der Waals surface area contributed by atoms with Gasteiger partial charge in [0, 0.05) is 12.6 Å². The molecular weight excluding hydrogens is 254 g/mol. The molecule has 1 amide bonds. The van der Waals surface area contributed by atoms with Gasteiger partial charge in [-0.3, -0.25) is 9.59 Å². The van der Waals surface area contributed by atoms with Gasteiger partial charge in [0.15, 0.2) is 12.9 Å². The number of benzene rings is 1. The summed E-state index contributed by atoms with van der Waals surface area (Å²) >= 11 is 0. The van der Waals surface area contributed by atoms with Gasteiger partial charge in [0.05, 0.1) is 5.56 Å². The molecule has 0 atom stereocenters. The number of nitrogens with zero attached hydrogens (tertiary/aromatic N) is 1. The highest BCUT2D eigenvalue weighted by Crippen LogP contribution is 2.28. The molecule has 0 aliphatic heterocycles. The van der Waals surface area contributed by atoms with E-state index >= 15 is 0 Å². The number of carbonyl (C=O) groups is 2. The molecule has 0 heterocycles. The second kappa shape index (κ2) is 6.55. The molecule has 1 saturated carbocycles. The van der Waals surface area contributed by atoms with Gasteiger partial charge in [-0.1, -0.05) is 26.0 Å². The van der Waals surface area contributed by atoms with Crippen molar-refractivity contribution in [2.45, 2.75) is 32.7 Å². The zero-order chi connectivity index (χ0) is 14.5. The summed E-state index contributed by atoms with van der Waals surface area (Å²) in [5, 5.41) is 0. The quantitative estimate of drug-likeness (QED) is 0.718. The van der Waals surface area contributed by atoms with Crippen LogP contribution in [0.4, 0.5) is 0 Å². The number of hydrogen-bond donors (Lipinski definition) is 0. The highest BCUT2D eigenvalue weighted by molar-refractivity contribution is 5.81. The van der Waals surface area contributed by atoms with Gasteiger partial charge >= 0.3 is 0 Å². The smallest absolute Gasteiger partial charge is 0.260 e. The predicted molar refractivity (Wildman–Crippen MR) is 76.9 cm³/mol. The van der Waals surface area contributed by atoms with Crippen LogP contribution in [0.2, 0.25) is 0 Å². The van der Waals surface area contributed by atoms with Crippen molar-refractivity contribution in [1.82, 2.24) is 4.90 Å². The third-order valence-corrected chi connectivity index (χ3v) is 3.27. The Morgan fingerprint density at radius 3 is 2.70 bits per heavy atom. The summed E-state index contributed by atoms with van der Waals surface area (Å²) in [5.74, 6) is 0.917. The van der Waals surface area contributed by atoms with Crippen molar-refractivity contribution >= 4 is 12.2 Å². The van der Waals surface area contributed by atoms with Gasteiger partial charge in [0.2, 0.25) is 0 Å². The van der Waals surface area contributed by atoms with E-state index in [0.717, 1.165) is 25.7 Å². The third-order valence-electron chi connectivity index (χ3n) is 3.27. The molecule has 0 saturated heterocycles. The van der Waals surface area contributed by atoms with Crippen LogP contribution in [0.25, 0.3) is 0 Å². The second-order valence-corrected chi connectivity index (χ2v) is 5.62. The number of carbonyl (C=O) groups excluding carboxylic acids is 2. The highest BCUT2D eigenvalue weighted by Gasteiger charge is 2.32. The summed E-state index contributed by atoms with van der Waals surface area (Å²) in [6.45, 7) is 4.96. The van der Waals surface area contributed by atoms with Crippen molar-refractivity contribution in [3.63, 3.8) is 0 Å². The van der Waals surface area contributed by atoms with Gasteiger partial charge < -0.3 is 9.64 Å². The first-order chi connectivity index (χ1) is 9.61. The first-order valence-electron chi connectivity index (χ1n) is 7.08. The average molecular weight is 275 g/mol. The van der Waals surface area contributed by atoms with E-state index in [1.54, 1.807) is 24.3 Å². The van der Waals surface area contributed by atoms with Crippen LogP contribution in [-0.4, -0.2) is 36.3 Å². The molecule has 0 radical (unpaired) electrons. The Labute approximate surface area is 119 Å². The van der Waals surface area contributed by atoms with Gasteiger partial charge in [-0.05, 0) is 30.9 Å². The third kappa shape index (κ3) is 3.83. The van der Waals surface area contributed by atoms with Crippen LogP contribution in [0, 0.1) is 5.92 Å². The maximum atomic E-state index is 12.2. The maximum absolute atomic E-state index is 12.2. The fourth-order valence-corrected chi connectivity index (χ4v) is 2.17. The molecule has 2 rings (SSSR count). The van der Waals surface area contributed by atoms with Crippen LogP contribution in [0.1, 0.15) is 37.0 Å². The first kappa shape index (κ1) is 14.6. The number of para-hydroxylation sites is 1. The van der Waals surface area contributed by atoms with Crippen molar-refractivity contribution in [2.75, 3.05) is 13.2 Å². The Kier molecular flexibility index (Phi) is 4.77. The van der Waals surface area contributed by atoms with Crippen molar-refractivity contribution in [1.29, 1.82) is 0 Å². The Hall–Kier alpha value is -1.84. The Bertz CT molecular complexity index is 480. The number of rotatable bonds is 7. The van der Waals surface area contributed by atoms with Crippen LogP contribution in [-0.2, 0) is 4.79 Å². The van der Waals surface area contributed by atoms with E-state index in [1.165, 1.54) is 0 Å². The number of amides is 1. The van der Waals surface area contributed by atoms with E-state index in [-0.39, 0.29) is 12.5 Å². The van der Waals surface area contributed by atoms with Crippen molar-refractivity contribution in [3.05, 3.63) is 29.8 Å². The van der Waals surface area contributed by atoms with Crippen LogP contribution >= 0.6 is 0 Å². The Morgan fingerprint density at radius 1 is 1.40 bits per heavy atom. The molecule has 0 N–H and O–H groups in total. The molecule has 0 unspecified atom stereocenters. The predicted octanol–water partition coefficient (Wildman–Crippen LogP) is 2.52. The molecule has 20 heavy (non-hydrogen) atoms. The SMILES string of the molecule is CC(C)CN(C(=O)COc1ccccc1C=O)C1CC1. The lowest BCUT2D eigenvalue weighted by atomic mass is 10.2. The van der Waals surface area contributed by atoms with Crippen molar-refractivity contribution in [3.8, 4) is 5.75 Å². The summed E-state index contributed by atoms with van der Waals surface area (Å²) in [6, 6.07) is 7.34. The first-order valence-corrected chi connectivity index (χ1v) is 7.08. The molecule has 0 spiro atoms. The minimum absolute atomic E-state index is 0.00176. The van der Waals surface area contributed by atoms with Crippen molar-refractivity contribution < 1.29 is 14.3 Å². The summed E-state index contributed by atoms with van der Waals surface area (Å²) in [4.78, 5) is 25.1. The summed E-state index contributed by atoms with van der Waals surface area (Å²) in [6.07, 6.45) is 2.92. The summed E-state index contributed by atoms with van der Waals surface area (Å²) < 4.78 is 5.51. The molecule has 4 nitrogen and oxygen atoms in total. The molecule has 1 aliphatic carbocycles. The van der Waals surface area contributed by atoms with Crippen molar-refractivity contribution in [2.24, 2.45) is 5.92 Å². The van der Waals surface area contributed by atoms with E-state index in [0.29, 0.717) is 23.3 Å². The lowest BCUT2D eigenvalue weighted by molar-refractivity contribution is -0.134. The molecule has 0 aromatic heterocycles. The number of ether oxygens (including phenoxy) is 1. The largest absolute Gasteiger partial charge is 0.483 e. The molecule has 108 valence electrons. The molecule has 1 aliphatic rings. The molecule has 1 aromatic rings. The second-order valence-electron chi connectivity index (χ2n) is 5.62. The topological polar surface area (TPSA) is 46.6 Å². The minimum Gasteiger partial charge on any atom is -0.483 e. The zero-order valence-electron chi connectivity index (χ0n) is 12.0. The molecular formula is C16H21NO3.